The van der Waals surface area contributed by atoms with Gasteiger partial charge in [0.05, 0.1) is 0 Å². The first-order valence-electron chi connectivity index (χ1n) is 5.59. The summed E-state index contributed by atoms with van der Waals surface area (Å²) in [5, 5.41) is 4.21. The second-order valence-electron chi connectivity index (χ2n) is 4.14. The fourth-order valence-electron chi connectivity index (χ4n) is 1.73. The van der Waals surface area contributed by atoms with Crippen LogP contribution in [0.4, 0.5) is 17.1 Å². The lowest BCUT2D eigenvalue weighted by atomic mass is 10.1. The summed E-state index contributed by atoms with van der Waals surface area (Å²) in [7, 11) is 0. The van der Waals surface area contributed by atoms with Crippen LogP contribution in [0.3, 0.4) is 0 Å². The Morgan fingerprint density at radius 3 is 2.26 bits per heavy atom. The topological polar surface area (TPSA) is 55.1 Å². The lowest BCUT2D eigenvalue weighted by Gasteiger charge is -2.10. The highest BCUT2D eigenvalue weighted by molar-refractivity contribution is 6.35. The molecule has 0 aliphatic rings. The van der Waals surface area contributed by atoms with E-state index in [2.05, 4.69) is 5.32 Å². The zero-order valence-electron chi connectivity index (χ0n) is 10.2. The maximum atomic E-state index is 11.4. The van der Waals surface area contributed by atoms with Crippen LogP contribution in [-0.4, -0.2) is 5.78 Å². The zero-order chi connectivity index (χ0) is 14.0. The number of rotatable bonds is 3. The Morgan fingerprint density at radius 2 is 1.68 bits per heavy atom. The highest BCUT2D eigenvalue weighted by atomic mass is 35.5. The number of hydrogen-bond donors (Lipinski definition) is 2. The Bertz CT molecular complexity index is 621. The van der Waals surface area contributed by atoms with E-state index < -0.39 is 0 Å². The van der Waals surface area contributed by atoms with E-state index in [1.807, 2.05) is 0 Å². The number of nitrogens with one attached hydrogen (secondary N) is 1. The third kappa shape index (κ3) is 3.40. The maximum absolute atomic E-state index is 11.4. The molecule has 0 aliphatic heterocycles. The minimum absolute atomic E-state index is 0.0784. The first kappa shape index (κ1) is 13.7. The molecule has 0 heterocycles. The lowest BCUT2D eigenvalue weighted by Crippen LogP contribution is -2.01. The van der Waals surface area contributed by atoms with Crippen molar-refractivity contribution in [2.45, 2.75) is 6.92 Å². The van der Waals surface area contributed by atoms with E-state index in [0.717, 1.165) is 11.4 Å². The Hall–Kier alpha value is -1.71. The Balaban J connectivity index is 2.33. The van der Waals surface area contributed by atoms with Crippen LogP contribution >= 0.6 is 23.2 Å². The third-order valence-electron chi connectivity index (χ3n) is 2.58. The van der Waals surface area contributed by atoms with Gasteiger partial charge in [0.25, 0.3) is 0 Å². The molecule has 0 atom stereocenters. The van der Waals surface area contributed by atoms with E-state index >= 15 is 0 Å². The summed E-state index contributed by atoms with van der Waals surface area (Å²) >= 11 is 11.8. The van der Waals surface area contributed by atoms with Gasteiger partial charge in [0.15, 0.2) is 5.78 Å². The first-order chi connectivity index (χ1) is 8.95. The van der Waals surface area contributed by atoms with Gasteiger partial charge in [0.2, 0.25) is 0 Å². The van der Waals surface area contributed by atoms with Crippen LogP contribution in [0.1, 0.15) is 17.3 Å². The van der Waals surface area contributed by atoms with Crippen LogP contribution in [0.25, 0.3) is 0 Å². The predicted molar refractivity (Wildman–Crippen MR) is 80.6 cm³/mol. The standard InChI is InChI=1S/C14H12Cl2N2O/c1-8(19)13-7-11(2-3-14(13)17)18-12-5-9(15)4-10(16)6-12/h2-7,18H,17H2,1H3. The molecule has 0 bridgehead atoms. The van der Waals surface area contributed by atoms with Crippen LogP contribution in [0.5, 0.6) is 0 Å². The van der Waals surface area contributed by atoms with Crippen molar-refractivity contribution in [3.63, 3.8) is 0 Å². The Morgan fingerprint density at radius 1 is 1.05 bits per heavy atom. The summed E-state index contributed by atoms with van der Waals surface area (Å²) in [6.07, 6.45) is 0. The highest BCUT2D eigenvalue weighted by Gasteiger charge is 2.06. The molecule has 0 aromatic heterocycles. The fraction of sp³-hybridized carbons (Fsp3) is 0.0714. The highest BCUT2D eigenvalue weighted by Crippen LogP contribution is 2.26. The third-order valence-corrected chi connectivity index (χ3v) is 3.02. The minimum atomic E-state index is -0.0784. The van der Waals surface area contributed by atoms with Crippen LogP contribution in [0.15, 0.2) is 36.4 Å². The molecule has 2 aromatic carbocycles. The first-order valence-corrected chi connectivity index (χ1v) is 6.35. The molecule has 19 heavy (non-hydrogen) atoms. The van der Waals surface area contributed by atoms with Crippen molar-refractivity contribution in [3.05, 3.63) is 52.0 Å². The Kier molecular flexibility index (Phi) is 3.98. The number of nitrogens with two attached hydrogens (primary N) is 1. The number of benzene rings is 2. The van der Waals surface area contributed by atoms with E-state index in [0.29, 0.717) is 21.3 Å². The molecule has 3 nitrogen and oxygen atoms in total. The molecule has 0 unspecified atom stereocenters. The van der Waals surface area contributed by atoms with Crippen molar-refractivity contribution >= 4 is 46.0 Å². The molecule has 0 aliphatic carbocycles. The molecule has 2 aromatic rings. The van der Waals surface area contributed by atoms with Crippen molar-refractivity contribution in [2.75, 3.05) is 11.1 Å². The van der Waals surface area contributed by atoms with E-state index in [4.69, 9.17) is 28.9 Å². The van der Waals surface area contributed by atoms with Gasteiger partial charge in [0, 0.05) is 32.7 Å². The molecule has 0 saturated carbocycles. The molecule has 0 spiro atoms. The summed E-state index contributed by atoms with van der Waals surface area (Å²) in [5.41, 5.74) is 8.18. The average molecular weight is 295 g/mol. The van der Waals surface area contributed by atoms with Crippen LogP contribution in [0.2, 0.25) is 10.0 Å². The molecular weight excluding hydrogens is 283 g/mol. The van der Waals surface area contributed by atoms with Gasteiger partial charge in [0.1, 0.15) is 0 Å². The Labute approximate surface area is 121 Å². The van der Waals surface area contributed by atoms with Gasteiger partial charge in [-0.15, -0.1) is 0 Å². The van der Waals surface area contributed by atoms with Crippen LogP contribution in [0, 0.1) is 0 Å². The van der Waals surface area contributed by atoms with Gasteiger partial charge in [-0.3, -0.25) is 4.79 Å². The number of carbonyl (C=O) groups excluding carboxylic acids is 1. The number of Topliss-reactive ketones (excluding diaryl/α,β-unsaturated/α-hetero) is 1. The van der Waals surface area contributed by atoms with Gasteiger partial charge in [-0.2, -0.15) is 0 Å². The molecule has 0 saturated heterocycles. The number of nitrogen functional groups attached to an aromatic ring is 1. The number of carbonyl (C=O) groups is 1. The minimum Gasteiger partial charge on any atom is -0.398 e. The van der Waals surface area contributed by atoms with Crippen molar-refractivity contribution in [3.8, 4) is 0 Å². The second kappa shape index (κ2) is 5.51. The largest absolute Gasteiger partial charge is 0.398 e. The number of ketones is 1. The van der Waals surface area contributed by atoms with E-state index in [1.165, 1.54) is 6.92 Å². The van der Waals surface area contributed by atoms with Crippen LogP contribution < -0.4 is 11.1 Å². The molecule has 0 amide bonds. The van der Waals surface area contributed by atoms with Crippen molar-refractivity contribution in [1.29, 1.82) is 0 Å². The van der Waals surface area contributed by atoms with Gasteiger partial charge >= 0.3 is 0 Å². The predicted octanol–water partition coefficient (Wildman–Crippen LogP) is 4.52. The quantitative estimate of drug-likeness (QED) is 0.646. The van der Waals surface area contributed by atoms with Gasteiger partial charge in [-0.05, 0) is 43.3 Å². The SMILES string of the molecule is CC(=O)c1cc(Nc2cc(Cl)cc(Cl)c2)ccc1N. The number of anilines is 3. The van der Waals surface area contributed by atoms with Gasteiger partial charge in [-0.25, -0.2) is 0 Å². The molecule has 3 N–H and O–H groups in total. The zero-order valence-corrected chi connectivity index (χ0v) is 11.7. The van der Waals surface area contributed by atoms with E-state index in [9.17, 15) is 4.79 Å². The number of halogens is 2. The van der Waals surface area contributed by atoms with Crippen molar-refractivity contribution in [2.24, 2.45) is 0 Å². The van der Waals surface area contributed by atoms with Crippen molar-refractivity contribution in [1.82, 2.24) is 0 Å². The van der Waals surface area contributed by atoms with Gasteiger partial charge in [-0.1, -0.05) is 23.2 Å². The molecule has 0 fully saturated rings. The molecule has 0 radical (unpaired) electrons. The second-order valence-corrected chi connectivity index (χ2v) is 5.01. The summed E-state index contributed by atoms with van der Waals surface area (Å²) in [6, 6.07) is 10.3. The molecule has 5 heteroatoms. The summed E-state index contributed by atoms with van der Waals surface area (Å²) < 4.78 is 0. The summed E-state index contributed by atoms with van der Waals surface area (Å²) in [4.78, 5) is 11.4. The molecular formula is C14H12Cl2N2O. The average Bonchev–Trinajstić information content (AvgIpc) is 2.30. The monoisotopic (exact) mass is 294 g/mol. The van der Waals surface area contributed by atoms with Gasteiger partial charge < -0.3 is 11.1 Å². The van der Waals surface area contributed by atoms with E-state index in [1.54, 1.807) is 36.4 Å². The maximum Gasteiger partial charge on any atom is 0.161 e. The van der Waals surface area contributed by atoms with Crippen molar-refractivity contribution < 1.29 is 4.79 Å². The smallest absolute Gasteiger partial charge is 0.161 e. The number of hydrogen-bond acceptors (Lipinski definition) is 3. The van der Waals surface area contributed by atoms with E-state index in [-0.39, 0.29) is 5.78 Å². The normalized spacial score (nSPS) is 10.3. The molecule has 2 rings (SSSR count). The summed E-state index contributed by atoms with van der Waals surface area (Å²) in [5.74, 6) is -0.0784. The summed E-state index contributed by atoms with van der Waals surface area (Å²) in [6.45, 7) is 1.48. The molecule has 98 valence electrons. The fourth-order valence-corrected chi connectivity index (χ4v) is 2.26. The van der Waals surface area contributed by atoms with Crippen LogP contribution in [-0.2, 0) is 0 Å². The lowest BCUT2D eigenvalue weighted by molar-refractivity contribution is 0.101.